The van der Waals surface area contributed by atoms with E-state index >= 15 is 0 Å². The molecule has 0 aliphatic carbocycles. The number of hydrogen-bond donors (Lipinski definition) is 2. The summed E-state index contributed by atoms with van der Waals surface area (Å²) in [5, 5.41) is 2.83. The van der Waals surface area contributed by atoms with E-state index in [1.165, 1.54) is 14.0 Å². The van der Waals surface area contributed by atoms with E-state index in [1.807, 2.05) is 24.3 Å². The Hall–Kier alpha value is -1.31. The normalized spacial score (nSPS) is 11.8. The minimum Gasteiger partial charge on any atom is -0.370 e. The number of rotatable bonds is 6. The lowest BCUT2D eigenvalue weighted by atomic mass is 10.1. The lowest BCUT2D eigenvalue weighted by Gasteiger charge is -2.24. The zero-order valence-corrected chi connectivity index (χ0v) is 13.9. The van der Waals surface area contributed by atoms with Gasteiger partial charge in [-0.3, -0.25) is 4.79 Å². The molecular formula is C14H20IN3O2. The molecule has 110 valence electrons. The SMILES string of the molecule is CC(CC(N)=O)N(C)C(=O)NCCc1ccc(I)cc1. The second-order valence-electron chi connectivity index (χ2n) is 4.74. The first-order valence-corrected chi connectivity index (χ1v) is 7.51. The maximum atomic E-state index is 11.9. The molecule has 0 spiro atoms. The van der Waals surface area contributed by atoms with Crippen LogP contribution >= 0.6 is 22.6 Å². The van der Waals surface area contributed by atoms with Crippen molar-refractivity contribution < 1.29 is 9.59 Å². The highest BCUT2D eigenvalue weighted by Gasteiger charge is 2.16. The van der Waals surface area contributed by atoms with Crippen molar-refractivity contribution in [2.45, 2.75) is 25.8 Å². The number of carbonyl (C=O) groups is 2. The molecule has 3 N–H and O–H groups in total. The first-order chi connectivity index (χ1) is 9.40. The standard InChI is InChI=1S/C14H20IN3O2/c1-10(9-13(16)19)18(2)14(20)17-8-7-11-3-5-12(15)6-4-11/h3-6,10H,7-9H2,1-2H3,(H2,16,19)(H,17,20). The van der Waals surface area contributed by atoms with Crippen molar-refractivity contribution in [2.24, 2.45) is 5.73 Å². The summed E-state index contributed by atoms with van der Waals surface area (Å²) in [6.45, 7) is 2.36. The van der Waals surface area contributed by atoms with Gasteiger partial charge in [0.25, 0.3) is 0 Å². The molecule has 1 atom stereocenters. The summed E-state index contributed by atoms with van der Waals surface area (Å²) in [5.74, 6) is -0.406. The summed E-state index contributed by atoms with van der Waals surface area (Å²) in [6, 6.07) is 7.79. The van der Waals surface area contributed by atoms with Crippen LogP contribution in [0.1, 0.15) is 18.9 Å². The van der Waals surface area contributed by atoms with Crippen molar-refractivity contribution in [2.75, 3.05) is 13.6 Å². The highest BCUT2D eigenvalue weighted by Crippen LogP contribution is 2.07. The van der Waals surface area contributed by atoms with Crippen molar-refractivity contribution in [1.29, 1.82) is 0 Å². The van der Waals surface area contributed by atoms with Gasteiger partial charge in [0.2, 0.25) is 5.91 Å². The third-order valence-corrected chi connectivity index (χ3v) is 3.80. The van der Waals surface area contributed by atoms with Gasteiger partial charge < -0.3 is 16.0 Å². The highest BCUT2D eigenvalue weighted by molar-refractivity contribution is 14.1. The molecule has 6 heteroatoms. The third-order valence-electron chi connectivity index (χ3n) is 3.08. The van der Waals surface area contributed by atoms with E-state index in [2.05, 4.69) is 27.9 Å². The number of nitrogens with two attached hydrogens (primary N) is 1. The van der Waals surface area contributed by atoms with Gasteiger partial charge in [0.05, 0.1) is 0 Å². The molecule has 1 aromatic carbocycles. The number of urea groups is 1. The smallest absolute Gasteiger partial charge is 0.317 e. The maximum absolute atomic E-state index is 11.9. The average Bonchev–Trinajstić information content (AvgIpc) is 2.39. The molecular weight excluding hydrogens is 369 g/mol. The number of amides is 3. The lowest BCUT2D eigenvalue weighted by Crippen LogP contribution is -2.44. The molecule has 0 aliphatic rings. The van der Waals surface area contributed by atoms with E-state index in [1.54, 1.807) is 14.0 Å². The highest BCUT2D eigenvalue weighted by atomic mass is 127. The molecule has 0 radical (unpaired) electrons. The molecule has 5 nitrogen and oxygen atoms in total. The second-order valence-corrected chi connectivity index (χ2v) is 5.98. The van der Waals surface area contributed by atoms with Gasteiger partial charge in [0, 0.05) is 29.6 Å². The number of nitrogens with zero attached hydrogens (tertiary/aromatic N) is 1. The minimum absolute atomic E-state index is 0.168. The fourth-order valence-electron chi connectivity index (χ4n) is 1.72. The monoisotopic (exact) mass is 389 g/mol. The van der Waals surface area contributed by atoms with Gasteiger partial charge in [-0.05, 0) is 53.6 Å². The predicted octanol–water partition coefficient (Wildman–Crippen LogP) is 1.74. The second kappa shape index (κ2) is 8.08. The van der Waals surface area contributed by atoms with Crippen molar-refractivity contribution in [3.8, 4) is 0 Å². The number of primary amides is 1. The summed E-state index contributed by atoms with van der Waals surface area (Å²) >= 11 is 2.26. The molecule has 0 saturated carbocycles. The first-order valence-electron chi connectivity index (χ1n) is 6.43. The van der Waals surface area contributed by atoms with Gasteiger partial charge in [0.1, 0.15) is 0 Å². The molecule has 3 amide bonds. The van der Waals surface area contributed by atoms with Crippen LogP contribution in [-0.4, -0.2) is 36.5 Å². The summed E-state index contributed by atoms with van der Waals surface area (Å²) in [7, 11) is 1.66. The Morgan fingerprint density at radius 3 is 2.50 bits per heavy atom. The first kappa shape index (κ1) is 16.7. The predicted molar refractivity (Wildman–Crippen MR) is 87.3 cm³/mol. The van der Waals surface area contributed by atoms with Crippen LogP contribution in [0, 0.1) is 3.57 Å². The van der Waals surface area contributed by atoms with E-state index in [4.69, 9.17) is 5.73 Å². The quantitative estimate of drug-likeness (QED) is 0.728. The molecule has 1 rings (SSSR count). The topological polar surface area (TPSA) is 75.4 Å². The molecule has 0 saturated heterocycles. The van der Waals surface area contributed by atoms with Crippen LogP contribution in [-0.2, 0) is 11.2 Å². The Labute approximate surface area is 133 Å². The van der Waals surface area contributed by atoms with Crippen molar-refractivity contribution in [3.63, 3.8) is 0 Å². The summed E-state index contributed by atoms with van der Waals surface area (Å²) in [4.78, 5) is 24.2. The molecule has 0 heterocycles. The molecule has 0 fully saturated rings. The van der Waals surface area contributed by atoms with Crippen LogP contribution in [0.5, 0.6) is 0 Å². The number of nitrogens with one attached hydrogen (secondary N) is 1. The van der Waals surface area contributed by atoms with Crippen LogP contribution in [0.15, 0.2) is 24.3 Å². The minimum atomic E-state index is -0.406. The Morgan fingerprint density at radius 1 is 1.35 bits per heavy atom. The Bertz CT molecular complexity index is 462. The molecule has 0 aromatic heterocycles. The van der Waals surface area contributed by atoms with Gasteiger partial charge in [-0.1, -0.05) is 12.1 Å². The Morgan fingerprint density at radius 2 is 1.95 bits per heavy atom. The fourth-order valence-corrected chi connectivity index (χ4v) is 2.08. The summed E-state index contributed by atoms with van der Waals surface area (Å²) < 4.78 is 1.19. The lowest BCUT2D eigenvalue weighted by molar-refractivity contribution is -0.118. The van der Waals surface area contributed by atoms with Crippen molar-refractivity contribution >= 4 is 34.5 Å². The van der Waals surface area contributed by atoms with Crippen LogP contribution in [0.3, 0.4) is 0 Å². The number of benzene rings is 1. The third kappa shape index (κ3) is 5.77. The van der Waals surface area contributed by atoms with Crippen molar-refractivity contribution in [1.82, 2.24) is 10.2 Å². The van der Waals surface area contributed by atoms with Gasteiger partial charge in [-0.25, -0.2) is 4.79 Å². The zero-order chi connectivity index (χ0) is 15.1. The summed E-state index contributed by atoms with van der Waals surface area (Å²) in [6.07, 6.45) is 0.946. The van der Waals surface area contributed by atoms with Gasteiger partial charge in [-0.2, -0.15) is 0 Å². The van der Waals surface area contributed by atoms with E-state index in [0.29, 0.717) is 6.54 Å². The van der Waals surface area contributed by atoms with Crippen LogP contribution in [0.2, 0.25) is 0 Å². The molecule has 0 aliphatic heterocycles. The Kier molecular flexibility index (Phi) is 6.77. The largest absolute Gasteiger partial charge is 0.370 e. The molecule has 1 aromatic rings. The number of halogens is 1. The average molecular weight is 389 g/mol. The van der Waals surface area contributed by atoms with Gasteiger partial charge >= 0.3 is 6.03 Å². The van der Waals surface area contributed by atoms with E-state index in [0.717, 1.165) is 6.42 Å². The van der Waals surface area contributed by atoms with Gasteiger partial charge in [-0.15, -0.1) is 0 Å². The summed E-state index contributed by atoms with van der Waals surface area (Å²) in [5.41, 5.74) is 6.30. The van der Waals surface area contributed by atoms with E-state index in [-0.39, 0.29) is 18.5 Å². The maximum Gasteiger partial charge on any atom is 0.317 e. The van der Waals surface area contributed by atoms with E-state index < -0.39 is 5.91 Å². The Balaban J connectivity index is 2.35. The van der Waals surface area contributed by atoms with Crippen molar-refractivity contribution in [3.05, 3.63) is 33.4 Å². The van der Waals surface area contributed by atoms with Crippen LogP contribution in [0.4, 0.5) is 4.79 Å². The van der Waals surface area contributed by atoms with E-state index in [9.17, 15) is 9.59 Å². The van der Waals surface area contributed by atoms with Crippen LogP contribution in [0.25, 0.3) is 0 Å². The number of carbonyl (C=O) groups excluding carboxylic acids is 2. The zero-order valence-electron chi connectivity index (χ0n) is 11.7. The molecule has 0 bridgehead atoms. The number of hydrogen-bond acceptors (Lipinski definition) is 2. The molecule has 20 heavy (non-hydrogen) atoms. The van der Waals surface area contributed by atoms with Crippen LogP contribution < -0.4 is 11.1 Å². The molecule has 1 unspecified atom stereocenters. The fraction of sp³-hybridized carbons (Fsp3) is 0.429. The van der Waals surface area contributed by atoms with Gasteiger partial charge in [0.15, 0.2) is 0 Å².